The molecule has 19 heavy (non-hydrogen) atoms. The lowest BCUT2D eigenvalue weighted by atomic mass is 9.85. The largest absolute Gasteiger partial charge is 0.380 e. The minimum Gasteiger partial charge on any atom is -0.380 e. The van der Waals surface area contributed by atoms with E-state index in [0.29, 0.717) is 0 Å². The van der Waals surface area contributed by atoms with Gasteiger partial charge < -0.3 is 10.1 Å². The van der Waals surface area contributed by atoms with E-state index in [1.54, 1.807) is 7.11 Å². The molecule has 0 spiro atoms. The van der Waals surface area contributed by atoms with Crippen LogP contribution in [0.4, 0.5) is 0 Å². The maximum atomic E-state index is 5.20. The van der Waals surface area contributed by atoms with Crippen molar-refractivity contribution in [3.05, 3.63) is 11.6 Å². The lowest BCUT2D eigenvalue weighted by molar-refractivity contribution is 0.200. The molecule has 0 amide bonds. The van der Waals surface area contributed by atoms with Crippen molar-refractivity contribution >= 4 is 0 Å². The lowest BCUT2D eigenvalue weighted by Crippen LogP contribution is -2.36. The number of piperidine rings is 1. The molecular formula is C16H30N2O. The zero-order valence-corrected chi connectivity index (χ0v) is 12.7. The molecule has 3 nitrogen and oxygen atoms in total. The van der Waals surface area contributed by atoms with E-state index in [1.807, 2.05) is 0 Å². The predicted octanol–water partition coefficient (Wildman–Crippen LogP) is 2.29. The van der Waals surface area contributed by atoms with Crippen molar-refractivity contribution in [3.63, 3.8) is 0 Å². The normalized spacial score (nSPS) is 27.1. The fourth-order valence-electron chi connectivity index (χ4n) is 3.26. The van der Waals surface area contributed by atoms with E-state index < -0.39 is 0 Å². The SMILES string of the molecule is COCC1=CCN(CCC(C)C2CCCNC2)CC1. The first-order valence-corrected chi connectivity index (χ1v) is 7.89. The first kappa shape index (κ1) is 15.0. The van der Waals surface area contributed by atoms with Crippen LogP contribution in [-0.2, 0) is 4.74 Å². The highest BCUT2D eigenvalue weighted by Crippen LogP contribution is 2.23. The Kier molecular flexibility index (Phi) is 6.35. The summed E-state index contributed by atoms with van der Waals surface area (Å²) in [4.78, 5) is 2.59. The van der Waals surface area contributed by atoms with Gasteiger partial charge in [-0.15, -0.1) is 0 Å². The zero-order chi connectivity index (χ0) is 13.5. The summed E-state index contributed by atoms with van der Waals surface area (Å²) in [5.74, 6) is 1.76. The third-order valence-electron chi connectivity index (χ3n) is 4.76. The molecule has 2 atom stereocenters. The van der Waals surface area contributed by atoms with Gasteiger partial charge in [0.25, 0.3) is 0 Å². The molecule has 1 N–H and O–H groups in total. The van der Waals surface area contributed by atoms with Crippen molar-refractivity contribution in [1.82, 2.24) is 10.2 Å². The third-order valence-corrected chi connectivity index (χ3v) is 4.76. The Morgan fingerprint density at radius 1 is 1.53 bits per heavy atom. The van der Waals surface area contributed by atoms with E-state index in [4.69, 9.17) is 4.74 Å². The third kappa shape index (κ3) is 4.90. The smallest absolute Gasteiger partial charge is 0.0673 e. The maximum Gasteiger partial charge on any atom is 0.0673 e. The van der Waals surface area contributed by atoms with Gasteiger partial charge in [0, 0.05) is 20.2 Å². The van der Waals surface area contributed by atoms with Crippen LogP contribution >= 0.6 is 0 Å². The highest BCUT2D eigenvalue weighted by Gasteiger charge is 2.20. The summed E-state index contributed by atoms with van der Waals surface area (Å²) in [7, 11) is 1.78. The zero-order valence-electron chi connectivity index (χ0n) is 12.7. The molecule has 2 aliphatic heterocycles. The van der Waals surface area contributed by atoms with E-state index >= 15 is 0 Å². The highest BCUT2D eigenvalue weighted by molar-refractivity contribution is 5.07. The van der Waals surface area contributed by atoms with Gasteiger partial charge in [0.1, 0.15) is 0 Å². The lowest BCUT2D eigenvalue weighted by Gasteiger charge is -2.31. The molecule has 2 aliphatic rings. The molecule has 110 valence electrons. The number of nitrogens with one attached hydrogen (secondary N) is 1. The van der Waals surface area contributed by atoms with Gasteiger partial charge in [-0.25, -0.2) is 0 Å². The molecule has 0 aromatic heterocycles. The van der Waals surface area contributed by atoms with Gasteiger partial charge in [-0.2, -0.15) is 0 Å². The second-order valence-electron chi connectivity index (χ2n) is 6.22. The fourth-order valence-corrected chi connectivity index (χ4v) is 3.26. The Morgan fingerprint density at radius 3 is 3.05 bits per heavy atom. The van der Waals surface area contributed by atoms with Gasteiger partial charge in [0.05, 0.1) is 6.61 Å². The van der Waals surface area contributed by atoms with Crippen LogP contribution in [-0.4, -0.2) is 51.3 Å². The summed E-state index contributed by atoms with van der Waals surface area (Å²) in [6.45, 7) is 9.31. The molecule has 0 aliphatic carbocycles. The van der Waals surface area contributed by atoms with Gasteiger partial charge in [0.15, 0.2) is 0 Å². The van der Waals surface area contributed by atoms with Crippen molar-refractivity contribution in [1.29, 1.82) is 0 Å². The molecule has 1 saturated heterocycles. The molecule has 2 unspecified atom stereocenters. The average molecular weight is 266 g/mol. The molecule has 3 heteroatoms. The summed E-state index contributed by atoms with van der Waals surface area (Å²) >= 11 is 0. The molecule has 2 heterocycles. The summed E-state index contributed by atoms with van der Waals surface area (Å²) < 4.78 is 5.20. The molecule has 0 radical (unpaired) electrons. The van der Waals surface area contributed by atoms with Crippen molar-refractivity contribution < 1.29 is 4.74 Å². The quantitative estimate of drug-likeness (QED) is 0.747. The van der Waals surface area contributed by atoms with E-state index in [1.165, 1.54) is 57.4 Å². The minimum atomic E-state index is 0.817. The number of hydrogen-bond donors (Lipinski definition) is 1. The molecule has 2 rings (SSSR count). The van der Waals surface area contributed by atoms with Crippen LogP contribution in [0.5, 0.6) is 0 Å². The fraction of sp³-hybridized carbons (Fsp3) is 0.875. The van der Waals surface area contributed by atoms with Crippen molar-refractivity contribution in [2.45, 2.75) is 32.6 Å². The molecule has 1 fully saturated rings. The number of rotatable bonds is 6. The number of ether oxygens (including phenoxy) is 1. The van der Waals surface area contributed by atoms with E-state index in [0.717, 1.165) is 25.0 Å². The van der Waals surface area contributed by atoms with Gasteiger partial charge in [-0.1, -0.05) is 13.0 Å². The molecule has 0 aromatic rings. The Labute approximate surface area is 118 Å². The predicted molar refractivity (Wildman–Crippen MR) is 80.4 cm³/mol. The first-order valence-electron chi connectivity index (χ1n) is 7.89. The Bertz CT molecular complexity index is 284. The topological polar surface area (TPSA) is 24.5 Å². The summed E-state index contributed by atoms with van der Waals surface area (Å²) in [5.41, 5.74) is 1.48. The van der Waals surface area contributed by atoms with Crippen LogP contribution in [0.2, 0.25) is 0 Å². The highest BCUT2D eigenvalue weighted by atomic mass is 16.5. The van der Waals surface area contributed by atoms with E-state index in [-0.39, 0.29) is 0 Å². The standard InChI is InChI=1S/C16H30N2O/c1-14(16-4-3-8-17-12-16)5-9-18-10-6-15(7-11-18)13-19-2/h6,14,16-17H,3-5,7-13H2,1-2H3. The second kappa shape index (κ2) is 8.03. The van der Waals surface area contributed by atoms with Gasteiger partial charge >= 0.3 is 0 Å². The number of nitrogens with zero attached hydrogens (tertiary/aromatic N) is 1. The number of hydrogen-bond acceptors (Lipinski definition) is 3. The van der Waals surface area contributed by atoms with Gasteiger partial charge in [-0.3, -0.25) is 4.90 Å². The maximum absolute atomic E-state index is 5.20. The Morgan fingerprint density at radius 2 is 2.42 bits per heavy atom. The summed E-state index contributed by atoms with van der Waals surface area (Å²) in [6, 6.07) is 0. The Hall–Kier alpha value is -0.380. The van der Waals surface area contributed by atoms with E-state index in [9.17, 15) is 0 Å². The van der Waals surface area contributed by atoms with Crippen LogP contribution in [0.1, 0.15) is 32.6 Å². The van der Waals surface area contributed by atoms with Gasteiger partial charge in [0.2, 0.25) is 0 Å². The molecule has 0 saturated carbocycles. The molecular weight excluding hydrogens is 236 g/mol. The first-order chi connectivity index (χ1) is 9.29. The van der Waals surface area contributed by atoms with Gasteiger partial charge in [-0.05, 0) is 62.7 Å². The molecule has 0 aromatic carbocycles. The Balaban J connectivity index is 1.65. The molecule has 0 bridgehead atoms. The van der Waals surface area contributed by atoms with Crippen LogP contribution in [0.3, 0.4) is 0 Å². The average Bonchev–Trinajstić information content (AvgIpc) is 2.47. The summed E-state index contributed by atoms with van der Waals surface area (Å²) in [6.07, 6.45) is 7.68. The van der Waals surface area contributed by atoms with Crippen LogP contribution < -0.4 is 5.32 Å². The van der Waals surface area contributed by atoms with Crippen LogP contribution in [0, 0.1) is 11.8 Å². The minimum absolute atomic E-state index is 0.817. The second-order valence-corrected chi connectivity index (χ2v) is 6.22. The summed E-state index contributed by atoms with van der Waals surface area (Å²) in [5, 5.41) is 3.54. The van der Waals surface area contributed by atoms with Crippen LogP contribution in [0.25, 0.3) is 0 Å². The monoisotopic (exact) mass is 266 g/mol. The van der Waals surface area contributed by atoms with Crippen molar-refractivity contribution in [2.75, 3.05) is 46.4 Å². The van der Waals surface area contributed by atoms with Crippen molar-refractivity contribution in [3.8, 4) is 0 Å². The number of methoxy groups -OCH3 is 1. The van der Waals surface area contributed by atoms with E-state index in [2.05, 4.69) is 23.2 Å². The van der Waals surface area contributed by atoms with Crippen molar-refractivity contribution in [2.24, 2.45) is 11.8 Å². The van der Waals surface area contributed by atoms with Crippen LogP contribution in [0.15, 0.2) is 11.6 Å².